The topological polar surface area (TPSA) is 58.0 Å². The Morgan fingerprint density at radius 3 is 2.91 bits per heavy atom. The van der Waals surface area contributed by atoms with Gasteiger partial charge in [-0.2, -0.15) is 0 Å². The van der Waals surface area contributed by atoms with Gasteiger partial charge in [0.05, 0.1) is 11.1 Å². The van der Waals surface area contributed by atoms with E-state index in [1.54, 1.807) is 17.4 Å². The molecule has 1 aliphatic carbocycles. The van der Waals surface area contributed by atoms with Crippen molar-refractivity contribution >= 4 is 33.1 Å². The third-order valence-electron chi connectivity index (χ3n) is 4.42. The SMILES string of the molecule is Cc1nc(Nc2ccccc2O)c2c3c(sc2n1)CC(C)CC3. The van der Waals surface area contributed by atoms with Crippen LogP contribution in [0.4, 0.5) is 11.5 Å². The molecular weight excluding hydrogens is 306 g/mol. The maximum absolute atomic E-state index is 10.0. The van der Waals surface area contributed by atoms with Gasteiger partial charge in [0.15, 0.2) is 0 Å². The molecule has 1 unspecified atom stereocenters. The number of para-hydroxylation sites is 2. The van der Waals surface area contributed by atoms with Crippen LogP contribution in [0.15, 0.2) is 24.3 Å². The van der Waals surface area contributed by atoms with Crippen molar-refractivity contribution < 1.29 is 5.11 Å². The third kappa shape index (κ3) is 2.55. The molecule has 4 nitrogen and oxygen atoms in total. The lowest BCUT2D eigenvalue weighted by Crippen LogP contribution is -2.09. The minimum atomic E-state index is 0.231. The summed E-state index contributed by atoms with van der Waals surface area (Å²) in [7, 11) is 0. The first-order valence-corrected chi connectivity index (χ1v) is 8.77. The Morgan fingerprint density at radius 1 is 1.26 bits per heavy atom. The zero-order chi connectivity index (χ0) is 16.0. The van der Waals surface area contributed by atoms with Crippen molar-refractivity contribution in [3.8, 4) is 5.75 Å². The van der Waals surface area contributed by atoms with Gasteiger partial charge in [-0.15, -0.1) is 11.3 Å². The van der Waals surface area contributed by atoms with Crippen molar-refractivity contribution in [3.05, 3.63) is 40.5 Å². The Labute approximate surface area is 139 Å². The normalized spacial score (nSPS) is 17.2. The molecule has 118 valence electrons. The second-order valence-corrected chi connectivity index (χ2v) is 7.38. The summed E-state index contributed by atoms with van der Waals surface area (Å²) < 4.78 is 0. The van der Waals surface area contributed by atoms with Gasteiger partial charge in [0.2, 0.25) is 0 Å². The first-order valence-electron chi connectivity index (χ1n) is 7.95. The fraction of sp³-hybridized carbons (Fsp3) is 0.333. The lowest BCUT2D eigenvalue weighted by Gasteiger charge is -2.18. The van der Waals surface area contributed by atoms with Crippen LogP contribution in [0.1, 0.15) is 29.6 Å². The first kappa shape index (κ1) is 14.5. The molecule has 23 heavy (non-hydrogen) atoms. The van der Waals surface area contributed by atoms with E-state index in [9.17, 15) is 5.11 Å². The molecule has 1 aromatic carbocycles. The Kier molecular flexibility index (Phi) is 3.45. The zero-order valence-electron chi connectivity index (χ0n) is 13.3. The van der Waals surface area contributed by atoms with E-state index in [-0.39, 0.29) is 5.75 Å². The molecule has 0 saturated carbocycles. The summed E-state index contributed by atoms with van der Waals surface area (Å²) in [5, 5.41) is 14.5. The molecule has 0 aliphatic heterocycles. The van der Waals surface area contributed by atoms with Gasteiger partial charge in [-0.3, -0.25) is 0 Å². The second kappa shape index (κ2) is 5.49. The Hall–Kier alpha value is -2.14. The molecule has 0 amide bonds. The van der Waals surface area contributed by atoms with Crippen LogP contribution in [-0.2, 0) is 12.8 Å². The monoisotopic (exact) mass is 325 g/mol. The van der Waals surface area contributed by atoms with Crippen LogP contribution in [0.25, 0.3) is 10.2 Å². The van der Waals surface area contributed by atoms with Crippen molar-refractivity contribution in [1.82, 2.24) is 9.97 Å². The molecule has 0 radical (unpaired) electrons. The third-order valence-corrected chi connectivity index (χ3v) is 5.57. The summed E-state index contributed by atoms with van der Waals surface area (Å²) in [5.41, 5.74) is 2.07. The number of nitrogens with one attached hydrogen (secondary N) is 1. The maximum Gasteiger partial charge on any atom is 0.143 e. The Bertz CT molecular complexity index is 887. The summed E-state index contributed by atoms with van der Waals surface area (Å²) in [6.45, 7) is 4.22. The molecule has 2 heterocycles. The van der Waals surface area contributed by atoms with E-state index in [0.29, 0.717) is 5.69 Å². The fourth-order valence-electron chi connectivity index (χ4n) is 3.25. The zero-order valence-corrected chi connectivity index (χ0v) is 14.1. The number of rotatable bonds is 2. The number of aromatic hydroxyl groups is 1. The Morgan fingerprint density at radius 2 is 2.09 bits per heavy atom. The van der Waals surface area contributed by atoms with Crippen molar-refractivity contribution in [2.45, 2.75) is 33.1 Å². The summed E-state index contributed by atoms with van der Waals surface area (Å²) >= 11 is 1.79. The average Bonchev–Trinajstić information content (AvgIpc) is 2.86. The number of hydrogen-bond acceptors (Lipinski definition) is 5. The second-order valence-electron chi connectivity index (χ2n) is 6.29. The molecule has 5 heteroatoms. The number of benzene rings is 1. The van der Waals surface area contributed by atoms with E-state index >= 15 is 0 Å². The van der Waals surface area contributed by atoms with Crippen molar-refractivity contribution in [2.75, 3.05) is 5.32 Å². The van der Waals surface area contributed by atoms with Crippen LogP contribution in [0.2, 0.25) is 0 Å². The summed E-state index contributed by atoms with van der Waals surface area (Å²) in [5.74, 6) is 2.52. The van der Waals surface area contributed by atoms with Gasteiger partial charge in [0.25, 0.3) is 0 Å². The summed E-state index contributed by atoms with van der Waals surface area (Å²) in [6.07, 6.45) is 3.42. The summed E-state index contributed by atoms with van der Waals surface area (Å²) in [6, 6.07) is 7.26. The van der Waals surface area contributed by atoms with Gasteiger partial charge in [0.1, 0.15) is 22.2 Å². The standard InChI is InChI=1S/C18H19N3OS/c1-10-7-8-12-15(9-10)23-18-16(12)17(19-11(2)20-18)21-13-5-3-4-6-14(13)22/h3-6,10,22H,7-9H2,1-2H3,(H,19,20,21). The highest BCUT2D eigenvalue weighted by molar-refractivity contribution is 7.19. The lowest BCUT2D eigenvalue weighted by atomic mass is 9.89. The van der Waals surface area contributed by atoms with Crippen LogP contribution < -0.4 is 5.32 Å². The molecule has 4 rings (SSSR count). The van der Waals surface area contributed by atoms with Gasteiger partial charge < -0.3 is 10.4 Å². The van der Waals surface area contributed by atoms with E-state index in [4.69, 9.17) is 0 Å². The van der Waals surface area contributed by atoms with Gasteiger partial charge in [-0.05, 0) is 49.8 Å². The van der Waals surface area contributed by atoms with Gasteiger partial charge >= 0.3 is 0 Å². The van der Waals surface area contributed by atoms with Crippen molar-refractivity contribution in [3.63, 3.8) is 0 Å². The maximum atomic E-state index is 10.0. The van der Waals surface area contributed by atoms with Crippen LogP contribution in [-0.4, -0.2) is 15.1 Å². The smallest absolute Gasteiger partial charge is 0.143 e. The first-order chi connectivity index (χ1) is 11.1. The molecule has 0 fully saturated rings. The minimum absolute atomic E-state index is 0.231. The van der Waals surface area contributed by atoms with Crippen molar-refractivity contribution in [1.29, 1.82) is 0 Å². The number of fused-ring (bicyclic) bond motifs is 3. The molecule has 1 atom stereocenters. The minimum Gasteiger partial charge on any atom is -0.506 e. The van der Waals surface area contributed by atoms with Gasteiger partial charge in [-0.25, -0.2) is 9.97 Å². The molecule has 0 saturated heterocycles. The molecule has 3 aromatic rings. The molecule has 0 bridgehead atoms. The van der Waals surface area contributed by atoms with Crippen LogP contribution >= 0.6 is 11.3 Å². The van der Waals surface area contributed by atoms with E-state index in [1.807, 2.05) is 25.1 Å². The van der Waals surface area contributed by atoms with Crippen LogP contribution in [0.3, 0.4) is 0 Å². The number of hydrogen-bond donors (Lipinski definition) is 2. The Balaban J connectivity index is 1.87. The highest BCUT2D eigenvalue weighted by atomic mass is 32.1. The summed E-state index contributed by atoms with van der Waals surface area (Å²) in [4.78, 5) is 11.7. The van der Waals surface area contributed by atoms with Crippen LogP contribution in [0, 0.1) is 12.8 Å². The molecule has 0 spiro atoms. The predicted molar refractivity (Wildman–Crippen MR) is 94.7 cm³/mol. The van der Waals surface area contributed by atoms with E-state index in [1.165, 1.54) is 16.9 Å². The van der Waals surface area contributed by atoms with E-state index in [0.717, 1.165) is 40.6 Å². The van der Waals surface area contributed by atoms with Gasteiger partial charge in [-0.1, -0.05) is 19.1 Å². The number of phenolic OH excluding ortho intramolecular Hbond substituents is 1. The van der Waals surface area contributed by atoms with Crippen LogP contribution in [0.5, 0.6) is 5.75 Å². The molecule has 1 aliphatic rings. The number of aromatic nitrogens is 2. The van der Waals surface area contributed by atoms with E-state index in [2.05, 4.69) is 22.2 Å². The lowest BCUT2D eigenvalue weighted by molar-refractivity contribution is 0.477. The predicted octanol–water partition coefficient (Wildman–Crippen LogP) is 4.57. The van der Waals surface area contributed by atoms with Gasteiger partial charge in [0, 0.05) is 4.88 Å². The quantitative estimate of drug-likeness (QED) is 0.677. The highest BCUT2D eigenvalue weighted by Gasteiger charge is 2.23. The number of thiophene rings is 1. The largest absolute Gasteiger partial charge is 0.506 e. The molecular formula is C18H19N3OS. The number of phenols is 1. The number of nitrogens with zero attached hydrogens (tertiary/aromatic N) is 2. The average molecular weight is 325 g/mol. The number of anilines is 2. The van der Waals surface area contributed by atoms with Crippen molar-refractivity contribution in [2.24, 2.45) is 5.92 Å². The fourth-order valence-corrected chi connectivity index (χ4v) is 4.67. The molecule has 2 aromatic heterocycles. The van der Waals surface area contributed by atoms with E-state index < -0.39 is 0 Å². The number of aryl methyl sites for hydroxylation is 2. The highest BCUT2D eigenvalue weighted by Crippen LogP contribution is 2.41. The molecule has 2 N–H and O–H groups in total.